The van der Waals surface area contributed by atoms with Gasteiger partial charge in [-0.1, -0.05) is 0 Å². The number of ether oxygens (including phenoxy) is 1. The first kappa shape index (κ1) is 12.7. The molecule has 2 heterocycles. The van der Waals surface area contributed by atoms with E-state index in [2.05, 4.69) is 4.98 Å². The van der Waals surface area contributed by atoms with Crippen molar-refractivity contribution in [3.63, 3.8) is 0 Å². The van der Waals surface area contributed by atoms with Gasteiger partial charge in [0.1, 0.15) is 22.9 Å². The van der Waals surface area contributed by atoms with Crippen LogP contribution in [0.25, 0.3) is 5.57 Å². The topological polar surface area (TPSA) is 42.4 Å². The van der Waals surface area contributed by atoms with Crippen LogP contribution in [0.4, 0.5) is 4.39 Å². The van der Waals surface area contributed by atoms with Gasteiger partial charge in [0, 0.05) is 17.2 Å². The van der Waals surface area contributed by atoms with Gasteiger partial charge in [0.15, 0.2) is 0 Å². The van der Waals surface area contributed by atoms with Gasteiger partial charge in [-0.2, -0.15) is 0 Å². The molecule has 1 aromatic carbocycles. The molecule has 0 spiro atoms. The third-order valence-corrected chi connectivity index (χ3v) is 3.12. The van der Waals surface area contributed by atoms with Crippen molar-refractivity contribution in [2.45, 2.75) is 19.4 Å². The molecule has 2 aromatic rings. The highest BCUT2D eigenvalue weighted by molar-refractivity contribution is 5.83. The Morgan fingerprint density at radius 3 is 2.70 bits per heavy atom. The number of benzene rings is 1. The maximum atomic E-state index is 13.0. The van der Waals surface area contributed by atoms with Crippen molar-refractivity contribution in [3.8, 4) is 11.5 Å². The zero-order chi connectivity index (χ0) is 14.3. The van der Waals surface area contributed by atoms with E-state index in [0.717, 1.165) is 11.1 Å². The average Bonchev–Trinajstić information content (AvgIpc) is 2.37. The normalized spacial score (nSPS) is 16.1. The van der Waals surface area contributed by atoms with E-state index in [-0.39, 0.29) is 11.6 Å². The van der Waals surface area contributed by atoms with Gasteiger partial charge in [-0.3, -0.25) is 4.98 Å². The number of phenols is 1. The molecule has 20 heavy (non-hydrogen) atoms. The summed E-state index contributed by atoms with van der Waals surface area (Å²) >= 11 is 0. The monoisotopic (exact) mass is 271 g/mol. The molecule has 0 bridgehead atoms. The molecule has 1 aliphatic rings. The van der Waals surface area contributed by atoms with E-state index in [4.69, 9.17) is 4.74 Å². The smallest absolute Gasteiger partial charge is 0.141 e. The quantitative estimate of drug-likeness (QED) is 0.862. The molecule has 102 valence electrons. The maximum Gasteiger partial charge on any atom is 0.141 e. The highest BCUT2D eigenvalue weighted by atomic mass is 19.1. The molecule has 1 aliphatic heterocycles. The van der Waals surface area contributed by atoms with Crippen LogP contribution in [0, 0.1) is 5.82 Å². The summed E-state index contributed by atoms with van der Waals surface area (Å²) in [7, 11) is 0. The average molecular weight is 271 g/mol. The summed E-state index contributed by atoms with van der Waals surface area (Å²) in [5, 5.41) is 9.59. The van der Waals surface area contributed by atoms with E-state index in [1.165, 1.54) is 12.3 Å². The summed E-state index contributed by atoms with van der Waals surface area (Å²) in [4.78, 5) is 4.13. The van der Waals surface area contributed by atoms with Gasteiger partial charge in [0.2, 0.25) is 0 Å². The molecule has 3 nitrogen and oxygen atoms in total. The van der Waals surface area contributed by atoms with Gasteiger partial charge in [-0.05, 0) is 44.2 Å². The second-order valence-electron chi connectivity index (χ2n) is 5.31. The van der Waals surface area contributed by atoms with Crippen LogP contribution >= 0.6 is 0 Å². The van der Waals surface area contributed by atoms with E-state index in [1.807, 2.05) is 19.9 Å². The summed E-state index contributed by atoms with van der Waals surface area (Å²) in [5.41, 5.74) is 1.86. The third-order valence-electron chi connectivity index (χ3n) is 3.12. The predicted octanol–water partition coefficient (Wildman–Crippen LogP) is 3.53. The van der Waals surface area contributed by atoms with E-state index < -0.39 is 5.60 Å². The van der Waals surface area contributed by atoms with Crippen molar-refractivity contribution in [2.24, 2.45) is 0 Å². The summed E-state index contributed by atoms with van der Waals surface area (Å²) in [6.07, 6.45) is 3.14. The largest absolute Gasteiger partial charge is 0.508 e. The highest BCUT2D eigenvalue weighted by Gasteiger charge is 2.27. The van der Waals surface area contributed by atoms with Crippen LogP contribution in [0.2, 0.25) is 0 Å². The number of nitrogens with zero attached hydrogens (tertiary/aromatic N) is 1. The van der Waals surface area contributed by atoms with Gasteiger partial charge in [-0.15, -0.1) is 0 Å². The summed E-state index contributed by atoms with van der Waals surface area (Å²) in [6.45, 7) is 3.84. The Kier molecular flexibility index (Phi) is 2.74. The minimum atomic E-state index is -0.522. The Morgan fingerprint density at radius 1 is 1.20 bits per heavy atom. The van der Waals surface area contributed by atoms with Crippen LogP contribution in [0.15, 0.2) is 42.6 Å². The van der Waals surface area contributed by atoms with Crippen LogP contribution in [0.3, 0.4) is 0 Å². The second kappa shape index (κ2) is 4.34. The number of hydrogen-bond acceptors (Lipinski definition) is 3. The van der Waals surface area contributed by atoms with Crippen molar-refractivity contribution in [3.05, 3.63) is 59.7 Å². The molecule has 0 fully saturated rings. The Bertz CT molecular complexity index is 690. The number of fused-ring (bicyclic) bond motifs is 1. The molecule has 0 aliphatic carbocycles. The molecule has 0 atom stereocenters. The van der Waals surface area contributed by atoms with E-state index in [9.17, 15) is 9.50 Å². The number of phenolic OH excluding ortho intramolecular Hbond substituents is 1. The van der Waals surface area contributed by atoms with Crippen molar-refractivity contribution >= 4 is 5.57 Å². The third kappa shape index (κ3) is 2.25. The number of aromatic hydroxyl groups is 1. The van der Waals surface area contributed by atoms with Crippen LogP contribution in [-0.2, 0) is 0 Å². The number of halogens is 1. The number of hydrogen-bond donors (Lipinski definition) is 1. The molecule has 0 saturated heterocycles. The summed E-state index contributed by atoms with van der Waals surface area (Å²) in [6, 6.07) is 7.97. The van der Waals surface area contributed by atoms with Gasteiger partial charge in [-0.25, -0.2) is 4.39 Å². The molecule has 0 unspecified atom stereocenters. The van der Waals surface area contributed by atoms with Crippen molar-refractivity contribution in [1.29, 1.82) is 0 Å². The molecule has 1 aromatic heterocycles. The zero-order valence-corrected chi connectivity index (χ0v) is 11.2. The zero-order valence-electron chi connectivity index (χ0n) is 11.2. The van der Waals surface area contributed by atoms with Crippen molar-refractivity contribution in [2.75, 3.05) is 0 Å². The van der Waals surface area contributed by atoms with E-state index in [1.54, 1.807) is 24.3 Å². The van der Waals surface area contributed by atoms with Gasteiger partial charge in [0.05, 0.1) is 11.9 Å². The van der Waals surface area contributed by atoms with Crippen LogP contribution in [-0.4, -0.2) is 15.7 Å². The standard InChI is InChI=1S/C16H14FNO2/c1-16(2)8-13(14-6-3-10(17)9-18-14)12-5-4-11(19)7-15(12)20-16/h3-9,19H,1-2H3. The first-order chi connectivity index (χ1) is 9.44. The minimum Gasteiger partial charge on any atom is -0.508 e. The number of pyridine rings is 1. The lowest BCUT2D eigenvalue weighted by atomic mass is 9.92. The Balaban J connectivity index is 2.18. The molecule has 4 heteroatoms. The van der Waals surface area contributed by atoms with Gasteiger partial charge >= 0.3 is 0 Å². The molecular weight excluding hydrogens is 257 g/mol. The van der Waals surface area contributed by atoms with E-state index >= 15 is 0 Å². The highest BCUT2D eigenvalue weighted by Crippen LogP contribution is 2.40. The fraction of sp³-hybridized carbons (Fsp3) is 0.188. The summed E-state index contributed by atoms with van der Waals surface area (Å²) in [5.74, 6) is 0.373. The lowest BCUT2D eigenvalue weighted by Crippen LogP contribution is -2.29. The summed E-state index contributed by atoms with van der Waals surface area (Å²) < 4.78 is 18.9. The fourth-order valence-electron chi connectivity index (χ4n) is 2.30. The molecule has 0 amide bonds. The van der Waals surface area contributed by atoms with E-state index in [0.29, 0.717) is 11.4 Å². The van der Waals surface area contributed by atoms with Crippen LogP contribution in [0.1, 0.15) is 25.1 Å². The number of rotatable bonds is 1. The molecule has 1 N–H and O–H groups in total. The SMILES string of the molecule is CC1(C)C=C(c2ccc(F)cn2)c2ccc(O)cc2O1. The Hall–Kier alpha value is -2.36. The molecule has 0 saturated carbocycles. The molecule has 3 rings (SSSR count). The second-order valence-corrected chi connectivity index (χ2v) is 5.31. The molecule has 0 radical (unpaired) electrons. The number of aromatic nitrogens is 1. The molecular formula is C16H14FNO2. The van der Waals surface area contributed by atoms with Crippen molar-refractivity contribution in [1.82, 2.24) is 4.98 Å². The van der Waals surface area contributed by atoms with Crippen LogP contribution < -0.4 is 4.74 Å². The Labute approximate surface area is 116 Å². The Morgan fingerprint density at radius 2 is 2.00 bits per heavy atom. The van der Waals surface area contributed by atoms with Gasteiger partial charge in [0.25, 0.3) is 0 Å². The van der Waals surface area contributed by atoms with Crippen LogP contribution in [0.5, 0.6) is 11.5 Å². The van der Waals surface area contributed by atoms with Crippen molar-refractivity contribution < 1.29 is 14.2 Å². The first-order valence-electron chi connectivity index (χ1n) is 6.32. The van der Waals surface area contributed by atoms with Gasteiger partial charge < -0.3 is 9.84 Å². The predicted molar refractivity (Wildman–Crippen MR) is 74.1 cm³/mol. The lowest BCUT2D eigenvalue weighted by molar-refractivity contribution is 0.157. The minimum absolute atomic E-state index is 0.146. The first-order valence-corrected chi connectivity index (χ1v) is 6.32. The fourth-order valence-corrected chi connectivity index (χ4v) is 2.30. The lowest BCUT2D eigenvalue weighted by Gasteiger charge is -2.31. The maximum absolute atomic E-state index is 13.0.